The Bertz CT molecular complexity index is 1230. The van der Waals surface area contributed by atoms with E-state index < -0.39 is 29.4 Å². The minimum absolute atomic E-state index is 0.0477. The minimum atomic E-state index is -3.86. The zero-order valence-corrected chi connectivity index (χ0v) is 20.2. The van der Waals surface area contributed by atoms with Gasteiger partial charge in [0.25, 0.3) is 0 Å². The molecule has 0 radical (unpaired) electrons. The molecule has 2 heterocycles. The number of esters is 1. The van der Waals surface area contributed by atoms with Crippen LogP contribution in [0.4, 0.5) is 8.78 Å². The first-order chi connectivity index (χ1) is 16.2. The number of hydrogen-bond donors (Lipinski definition) is 0. The number of alkyl halides is 3. The van der Waals surface area contributed by atoms with Gasteiger partial charge < -0.3 is 14.2 Å². The summed E-state index contributed by atoms with van der Waals surface area (Å²) in [5.74, 6) is -1.11. The Morgan fingerprint density at radius 3 is 2.65 bits per heavy atom. The van der Waals surface area contributed by atoms with Crippen LogP contribution in [0.25, 0.3) is 5.69 Å². The molecule has 34 heavy (non-hydrogen) atoms. The van der Waals surface area contributed by atoms with Crippen molar-refractivity contribution in [2.24, 2.45) is 0 Å². The molecule has 12 heteroatoms. The Morgan fingerprint density at radius 1 is 1.21 bits per heavy atom. The monoisotopic (exact) mass is 531 g/mol. The van der Waals surface area contributed by atoms with E-state index in [9.17, 15) is 13.6 Å². The number of carbonyl (C=O) groups is 1. The van der Waals surface area contributed by atoms with E-state index in [1.54, 1.807) is 31.2 Å². The largest absolute Gasteiger partial charge is 0.495 e. The number of fused-ring (bicyclic) bond motifs is 3. The van der Waals surface area contributed by atoms with E-state index in [-0.39, 0.29) is 29.6 Å². The predicted molar refractivity (Wildman–Crippen MR) is 121 cm³/mol. The highest BCUT2D eigenvalue weighted by molar-refractivity contribution is 6.33. The number of benzene rings is 2. The fourth-order valence-electron chi connectivity index (χ4n) is 3.80. The number of halogens is 5. The third-order valence-corrected chi connectivity index (χ3v) is 6.00. The van der Waals surface area contributed by atoms with Gasteiger partial charge in [-0.15, -0.1) is 10.2 Å². The molecule has 1 aromatic heterocycles. The fourth-order valence-corrected chi connectivity index (χ4v) is 4.41. The fraction of sp³-hybridized carbons (Fsp3) is 0.318. The summed E-state index contributed by atoms with van der Waals surface area (Å²) in [7, 11) is 1.46. The van der Waals surface area contributed by atoms with Gasteiger partial charge in [-0.2, -0.15) is 8.78 Å². The molecular formula is C22H18Cl3F2N3O4. The van der Waals surface area contributed by atoms with Crippen LogP contribution in [-0.4, -0.2) is 34.5 Å². The third-order valence-electron chi connectivity index (χ3n) is 5.20. The molecule has 2 aromatic carbocycles. The zero-order valence-electron chi connectivity index (χ0n) is 17.9. The van der Waals surface area contributed by atoms with Crippen molar-refractivity contribution in [1.82, 2.24) is 14.8 Å². The normalized spacial score (nSPS) is 17.5. The van der Waals surface area contributed by atoms with Gasteiger partial charge in [0.15, 0.2) is 5.82 Å². The van der Waals surface area contributed by atoms with Gasteiger partial charge in [0.05, 0.1) is 30.8 Å². The number of rotatable bonds is 6. The SMILES string of the molecule is CCOC(=O)C[C@H]1O[C@H](c2cccc(OC)c2Cl)c2cc(Cl)ccc2-n2c1nnc2C(F)(F)Cl. The molecule has 1 aliphatic rings. The summed E-state index contributed by atoms with van der Waals surface area (Å²) in [6, 6.07) is 9.68. The zero-order chi connectivity index (χ0) is 24.6. The van der Waals surface area contributed by atoms with Crippen LogP contribution in [-0.2, 0) is 19.6 Å². The average Bonchev–Trinajstić information content (AvgIpc) is 3.18. The maximum atomic E-state index is 14.3. The number of methoxy groups -OCH3 is 1. The van der Waals surface area contributed by atoms with Gasteiger partial charge in [-0.05, 0) is 42.8 Å². The maximum Gasteiger partial charge on any atom is 0.382 e. The van der Waals surface area contributed by atoms with Gasteiger partial charge >= 0.3 is 11.4 Å². The van der Waals surface area contributed by atoms with Crippen molar-refractivity contribution in [3.8, 4) is 11.4 Å². The lowest BCUT2D eigenvalue weighted by Crippen LogP contribution is -2.18. The first-order valence-electron chi connectivity index (χ1n) is 10.1. The molecule has 7 nitrogen and oxygen atoms in total. The minimum Gasteiger partial charge on any atom is -0.495 e. The number of nitrogens with zero attached hydrogens (tertiary/aromatic N) is 3. The van der Waals surface area contributed by atoms with Gasteiger partial charge in [-0.25, -0.2) is 0 Å². The highest BCUT2D eigenvalue weighted by Gasteiger charge is 2.42. The molecule has 0 amide bonds. The molecule has 180 valence electrons. The van der Waals surface area contributed by atoms with E-state index >= 15 is 0 Å². The second-order valence-corrected chi connectivity index (χ2v) is 8.58. The summed E-state index contributed by atoms with van der Waals surface area (Å²) >= 11 is 18.2. The molecule has 0 N–H and O–H groups in total. The lowest BCUT2D eigenvalue weighted by Gasteiger charge is -2.24. The molecule has 3 aromatic rings. The molecule has 0 bridgehead atoms. The maximum absolute atomic E-state index is 14.3. The summed E-state index contributed by atoms with van der Waals surface area (Å²) in [6.45, 7) is 1.78. The molecule has 0 saturated carbocycles. The molecule has 1 aliphatic heterocycles. The van der Waals surface area contributed by atoms with Crippen molar-refractivity contribution in [2.75, 3.05) is 13.7 Å². The molecule has 0 spiro atoms. The Balaban J connectivity index is 1.98. The van der Waals surface area contributed by atoms with E-state index in [2.05, 4.69) is 10.2 Å². The summed E-state index contributed by atoms with van der Waals surface area (Å²) in [4.78, 5) is 12.4. The number of carbonyl (C=O) groups excluding carboxylic acids is 1. The molecule has 2 atom stereocenters. The van der Waals surface area contributed by atoms with Crippen molar-refractivity contribution in [3.63, 3.8) is 0 Å². The summed E-state index contributed by atoms with van der Waals surface area (Å²) in [6.07, 6.45) is -2.38. The summed E-state index contributed by atoms with van der Waals surface area (Å²) in [5.41, 5.74) is 1.10. The van der Waals surface area contributed by atoms with Gasteiger partial charge in [0, 0.05) is 16.1 Å². The van der Waals surface area contributed by atoms with Crippen LogP contribution in [0.5, 0.6) is 5.75 Å². The molecule has 4 rings (SSSR count). The quantitative estimate of drug-likeness (QED) is 0.287. The summed E-state index contributed by atoms with van der Waals surface area (Å²) in [5, 5.41) is 4.22. The predicted octanol–water partition coefficient (Wildman–Crippen LogP) is 5.98. The standard InChI is InChI=1S/C22H18Cl3F2N3O4/c1-3-33-17(31)10-16-20-28-29-21(22(25,26)27)30(20)14-8-7-11(23)9-13(14)19(34-16)12-5-4-6-15(32-2)18(12)24/h4-9,16,19H,3,10H2,1-2H3/t16-,19-/m1/s1. The van der Waals surface area contributed by atoms with Crippen molar-refractivity contribution in [1.29, 1.82) is 0 Å². The van der Waals surface area contributed by atoms with Crippen LogP contribution < -0.4 is 4.74 Å². The van der Waals surface area contributed by atoms with Crippen LogP contribution in [0, 0.1) is 0 Å². The van der Waals surface area contributed by atoms with Crippen molar-refractivity contribution in [3.05, 3.63) is 69.2 Å². The molecule has 0 aliphatic carbocycles. The van der Waals surface area contributed by atoms with Crippen molar-refractivity contribution in [2.45, 2.75) is 30.9 Å². The smallest absolute Gasteiger partial charge is 0.382 e. The molecular weight excluding hydrogens is 515 g/mol. The lowest BCUT2D eigenvalue weighted by atomic mass is 9.99. The van der Waals surface area contributed by atoms with Gasteiger partial charge in [-0.1, -0.05) is 35.3 Å². The highest BCUT2D eigenvalue weighted by atomic mass is 35.5. The topological polar surface area (TPSA) is 75.5 Å². The Kier molecular flexibility index (Phi) is 7.00. The van der Waals surface area contributed by atoms with Crippen LogP contribution >= 0.6 is 34.8 Å². The van der Waals surface area contributed by atoms with E-state index in [4.69, 9.17) is 49.0 Å². The number of aromatic nitrogens is 3. The van der Waals surface area contributed by atoms with Gasteiger partial charge in [0.1, 0.15) is 18.0 Å². The molecule has 0 saturated heterocycles. The van der Waals surface area contributed by atoms with E-state index in [0.29, 0.717) is 21.9 Å². The molecule has 0 unspecified atom stereocenters. The Labute approximate surface area is 208 Å². The van der Waals surface area contributed by atoms with E-state index in [1.807, 2.05) is 0 Å². The van der Waals surface area contributed by atoms with Crippen molar-refractivity contribution >= 4 is 40.8 Å². The van der Waals surface area contributed by atoms with E-state index in [0.717, 1.165) is 4.57 Å². The number of hydrogen-bond acceptors (Lipinski definition) is 6. The molecule has 0 fully saturated rings. The number of ether oxygens (including phenoxy) is 3. The van der Waals surface area contributed by atoms with Crippen LogP contribution in [0.1, 0.15) is 48.3 Å². The van der Waals surface area contributed by atoms with Crippen LogP contribution in [0.15, 0.2) is 36.4 Å². The van der Waals surface area contributed by atoms with Crippen LogP contribution in [0.2, 0.25) is 10.0 Å². The van der Waals surface area contributed by atoms with Crippen molar-refractivity contribution < 1.29 is 27.8 Å². The van der Waals surface area contributed by atoms with E-state index in [1.165, 1.54) is 19.2 Å². The highest BCUT2D eigenvalue weighted by Crippen LogP contribution is 2.46. The average molecular weight is 533 g/mol. The summed E-state index contributed by atoms with van der Waals surface area (Å²) < 4.78 is 46.4. The second-order valence-electron chi connectivity index (χ2n) is 7.30. The lowest BCUT2D eigenvalue weighted by molar-refractivity contribution is -0.147. The van der Waals surface area contributed by atoms with Gasteiger partial charge in [-0.3, -0.25) is 9.36 Å². The first-order valence-corrected chi connectivity index (χ1v) is 11.2. The Morgan fingerprint density at radius 2 is 1.97 bits per heavy atom. The Hall–Kier alpha value is -2.46. The third kappa shape index (κ3) is 4.57. The second kappa shape index (κ2) is 9.65. The van der Waals surface area contributed by atoms with Gasteiger partial charge in [0.2, 0.25) is 5.82 Å². The first kappa shape index (κ1) is 24.7. The van der Waals surface area contributed by atoms with Crippen LogP contribution in [0.3, 0.4) is 0 Å².